The summed E-state index contributed by atoms with van der Waals surface area (Å²) in [5.74, 6) is -2.83. The van der Waals surface area contributed by atoms with Gasteiger partial charge in [0.2, 0.25) is 17.7 Å². The van der Waals surface area contributed by atoms with Gasteiger partial charge in [-0.25, -0.2) is 4.72 Å². The Kier molecular flexibility index (Phi) is 10.4. The van der Waals surface area contributed by atoms with Crippen molar-refractivity contribution in [3.63, 3.8) is 0 Å². The summed E-state index contributed by atoms with van der Waals surface area (Å²) in [6.45, 7) is 14.9. The molecule has 1 aromatic carbocycles. The third-order valence-electron chi connectivity index (χ3n) is 15.8. The lowest BCUT2D eigenvalue weighted by molar-refractivity contribution is -0.144. The number of para-hydroxylation sites is 1. The molecular formula is C45H62N6O8S. The third kappa shape index (κ3) is 6.85. The van der Waals surface area contributed by atoms with Crippen LogP contribution in [-0.4, -0.2) is 90.0 Å². The number of likely N-dealkylation sites (tertiary alicyclic amines) is 1. The van der Waals surface area contributed by atoms with Crippen LogP contribution in [0.3, 0.4) is 0 Å². The molecule has 4 saturated carbocycles. The lowest BCUT2D eigenvalue weighted by Crippen LogP contribution is -2.61. The number of amides is 5. The molecule has 326 valence electrons. The minimum absolute atomic E-state index is 0.0262. The summed E-state index contributed by atoms with van der Waals surface area (Å²) in [6.07, 6.45) is 10.4. The van der Waals surface area contributed by atoms with Crippen molar-refractivity contribution in [2.75, 3.05) is 19.6 Å². The molecule has 2 aliphatic heterocycles. The van der Waals surface area contributed by atoms with Gasteiger partial charge in [-0.15, -0.1) is 6.58 Å². The fourth-order valence-electron chi connectivity index (χ4n) is 11.9. The van der Waals surface area contributed by atoms with Gasteiger partial charge in [-0.2, -0.15) is 12.7 Å². The van der Waals surface area contributed by atoms with Gasteiger partial charge in [-0.05, 0) is 79.7 Å². The van der Waals surface area contributed by atoms with E-state index in [9.17, 15) is 27.6 Å². The highest BCUT2D eigenvalue weighted by molar-refractivity contribution is 7.87. The molecular weight excluding hydrogens is 785 g/mol. The van der Waals surface area contributed by atoms with Gasteiger partial charge in [0, 0.05) is 48.3 Å². The van der Waals surface area contributed by atoms with Gasteiger partial charge in [0.15, 0.2) is 5.76 Å². The number of nitrogens with one attached hydrogen (secondary N) is 4. The average Bonchev–Trinajstić information content (AvgIpc) is 3.58. The van der Waals surface area contributed by atoms with Crippen LogP contribution in [0.1, 0.15) is 129 Å². The summed E-state index contributed by atoms with van der Waals surface area (Å²) in [7, 11) is -4.11. The Bertz CT molecular complexity index is 2180. The van der Waals surface area contributed by atoms with E-state index in [0.29, 0.717) is 57.3 Å². The molecule has 5 atom stereocenters. The number of carbonyl (C=O) groups excluding carboxylic acids is 5. The standard InChI is InChI=1S/C45H62N6O8S/c1-7-30-25-45(30,39(56)49-60(57,58)50-22-13-14-23-50)48-36(53)31-26-44(41(5,6)43(44)20-15-21-43)28-51(31)38(55)35(40(2,3)4)46-34(52)27-42(18-11-8-12-19-42)47-37(54)33-24-29-16-9-10-17-32(29)59-33/h7,9-10,16-17,24,30-31,35H,1,8,11-15,18-23,25-28H2,2-6H3,(H,46,52)(H,47,54)(H,48,53)(H,49,56)/t30-,31+,35-,44-,45-/m1/s1. The van der Waals surface area contributed by atoms with Crippen molar-refractivity contribution in [1.29, 1.82) is 0 Å². The van der Waals surface area contributed by atoms with Crippen LogP contribution in [0.4, 0.5) is 0 Å². The van der Waals surface area contributed by atoms with E-state index < -0.39 is 62.4 Å². The van der Waals surface area contributed by atoms with E-state index in [1.54, 1.807) is 23.1 Å². The van der Waals surface area contributed by atoms with Crippen LogP contribution in [0.2, 0.25) is 0 Å². The first-order chi connectivity index (χ1) is 28.2. The van der Waals surface area contributed by atoms with E-state index in [2.05, 4.69) is 41.1 Å². The first-order valence-electron chi connectivity index (χ1n) is 21.9. The number of hydrogen-bond acceptors (Lipinski definition) is 8. The normalized spacial score (nSPS) is 29.4. The molecule has 60 heavy (non-hydrogen) atoms. The van der Waals surface area contributed by atoms with Crippen LogP contribution in [-0.2, 0) is 29.4 Å². The Hall–Kier alpha value is -4.24. The molecule has 4 N–H and O–H groups in total. The van der Waals surface area contributed by atoms with Crippen molar-refractivity contribution < 1.29 is 36.8 Å². The SMILES string of the molecule is C=C[C@@H]1C[C@]1(NC(=O)[C@@H]1C[C@@]2(CN1C(=O)[C@@H](NC(=O)CC1(NC(=O)c3cc4ccccc4o3)CCCCC1)C(C)(C)C)C(C)(C)C21CCC1)C(=O)NS(=O)(=O)N1CCCC1. The second-order valence-corrected chi connectivity index (χ2v) is 22.0. The number of carbonyl (C=O) groups is 5. The van der Waals surface area contributed by atoms with Crippen molar-refractivity contribution in [3.8, 4) is 0 Å². The topological polar surface area (TPSA) is 187 Å². The van der Waals surface area contributed by atoms with Crippen molar-refractivity contribution in [3.05, 3.63) is 48.7 Å². The first kappa shape index (κ1) is 42.5. The number of fused-ring (bicyclic) bond motifs is 2. The van der Waals surface area contributed by atoms with Crippen molar-refractivity contribution in [2.45, 2.75) is 141 Å². The van der Waals surface area contributed by atoms with Crippen molar-refractivity contribution in [1.82, 2.24) is 29.9 Å². The van der Waals surface area contributed by atoms with Crippen LogP contribution < -0.4 is 20.7 Å². The smallest absolute Gasteiger partial charge is 0.303 e. The zero-order chi connectivity index (χ0) is 43.1. The summed E-state index contributed by atoms with van der Waals surface area (Å²) in [6, 6.07) is 7.10. The molecule has 6 aliphatic rings. The molecule has 2 spiro atoms. The molecule has 5 amide bonds. The summed E-state index contributed by atoms with van der Waals surface area (Å²) < 4.78 is 35.7. The van der Waals surface area contributed by atoms with Crippen LogP contribution in [0, 0.1) is 27.6 Å². The fraction of sp³-hybridized carbons (Fsp3) is 0.667. The highest BCUT2D eigenvalue weighted by atomic mass is 32.2. The fourth-order valence-corrected chi connectivity index (χ4v) is 13.2. The van der Waals surface area contributed by atoms with Gasteiger partial charge in [0.05, 0.1) is 0 Å². The molecule has 15 heteroatoms. The Balaban J connectivity index is 1.03. The second kappa shape index (κ2) is 14.7. The highest BCUT2D eigenvalue weighted by Crippen LogP contribution is 2.88. The molecule has 0 bridgehead atoms. The maximum Gasteiger partial charge on any atom is 0.303 e. The van der Waals surface area contributed by atoms with Gasteiger partial charge in [-0.1, -0.05) is 84.6 Å². The monoisotopic (exact) mass is 846 g/mol. The lowest BCUT2D eigenvalue weighted by Gasteiger charge is -2.39. The summed E-state index contributed by atoms with van der Waals surface area (Å²) in [5.41, 5.74) is -3.07. The van der Waals surface area contributed by atoms with E-state index in [-0.39, 0.29) is 46.7 Å². The maximum atomic E-state index is 15.1. The summed E-state index contributed by atoms with van der Waals surface area (Å²) in [4.78, 5) is 73.2. The summed E-state index contributed by atoms with van der Waals surface area (Å²) in [5, 5.41) is 9.99. The quantitative estimate of drug-likeness (QED) is 0.213. The lowest BCUT2D eigenvalue weighted by atomic mass is 9.73. The molecule has 0 unspecified atom stereocenters. The molecule has 14 nitrogen and oxygen atoms in total. The number of hydrogen-bond donors (Lipinski definition) is 4. The molecule has 8 rings (SSSR count). The van der Waals surface area contributed by atoms with E-state index in [4.69, 9.17) is 4.42 Å². The number of benzene rings is 1. The molecule has 0 radical (unpaired) electrons. The number of furan rings is 1. The van der Waals surface area contributed by atoms with Gasteiger partial charge in [0.25, 0.3) is 11.8 Å². The third-order valence-corrected chi connectivity index (χ3v) is 17.3. The average molecular weight is 847 g/mol. The zero-order valence-corrected chi connectivity index (χ0v) is 36.6. The Morgan fingerprint density at radius 2 is 1.60 bits per heavy atom. The van der Waals surface area contributed by atoms with Gasteiger partial charge in [-0.3, -0.25) is 24.0 Å². The number of rotatable bonds is 12. The zero-order valence-electron chi connectivity index (χ0n) is 35.8. The van der Waals surface area contributed by atoms with Crippen LogP contribution in [0.25, 0.3) is 11.0 Å². The molecule has 2 saturated heterocycles. The van der Waals surface area contributed by atoms with Crippen LogP contribution in [0.15, 0.2) is 47.4 Å². The first-order valence-corrected chi connectivity index (χ1v) is 23.4. The molecule has 1 aromatic heterocycles. The molecule has 6 fully saturated rings. The predicted octanol–water partition coefficient (Wildman–Crippen LogP) is 5.10. The number of nitrogens with zero attached hydrogens (tertiary/aromatic N) is 2. The van der Waals surface area contributed by atoms with Crippen LogP contribution in [0.5, 0.6) is 0 Å². The Labute approximate surface area is 353 Å². The minimum atomic E-state index is -4.11. The highest BCUT2D eigenvalue weighted by Gasteiger charge is 2.85. The van der Waals surface area contributed by atoms with E-state index in [1.807, 2.05) is 39.0 Å². The van der Waals surface area contributed by atoms with Crippen molar-refractivity contribution in [2.24, 2.45) is 27.6 Å². The van der Waals surface area contributed by atoms with Crippen molar-refractivity contribution >= 4 is 50.7 Å². The van der Waals surface area contributed by atoms with Gasteiger partial charge < -0.3 is 25.3 Å². The van der Waals surface area contributed by atoms with Gasteiger partial charge in [0.1, 0.15) is 23.2 Å². The molecule has 3 heterocycles. The Morgan fingerprint density at radius 3 is 2.18 bits per heavy atom. The summed E-state index contributed by atoms with van der Waals surface area (Å²) >= 11 is 0. The molecule has 4 aliphatic carbocycles. The predicted molar refractivity (Wildman–Crippen MR) is 225 cm³/mol. The van der Waals surface area contributed by atoms with E-state index in [1.165, 1.54) is 4.31 Å². The Morgan fingerprint density at radius 1 is 0.917 bits per heavy atom. The second-order valence-electron chi connectivity index (χ2n) is 20.4. The van der Waals surface area contributed by atoms with Crippen LogP contribution >= 0.6 is 0 Å². The van der Waals surface area contributed by atoms with E-state index >= 15 is 4.79 Å². The minimum Gasteiger partial charge on any atom is -0.451 e. The van der Waals surface area contributed by atoms with Gasteiger partial charge >= 0.3 is 10.2 Å². The largest absolute Gasteiger partial charge is 0.451 e. The molecule has 2 aromatic rings. The van der Waals surface area contributed by atoms with E-state index in [0.717, 1.165) is 43.9 Å². The maximum absolute atomic E-state index is 15.1.